The number of aryl methyl sites for hydroxylation is 1. The first-order valence-electron chi connectivity index (χ1n) is 6.25. The number of nitrogens with one attached hydrogen (secondary N) is 1. The van der Waals surface area contributed by atoms with Gasteiger partial charge in [0.15, 0.2) is 5.78 Å². The van der Waals surface area contributed by atoms with E-state index in [0.29, 0.717) is 15.7 Å². The monoisotopic (exact) mass is 310 g/mol. The number of benzene rings is 1. The van der Waals surface area contributed by atoms with Crippen molar-refractivity contribution in [2.24, 2.45) is 7.05 Å². The highest BCUT2D eigenvalue weighted by Gasteiger charge is 2.14. The van der Waals surface area contributed by atoms with Gasteiger partial charge in [-0.05, 0) is 32.0 Å². The molecule has 1 heterocycles. The summed E-state index contributed by atoms with van der Waals surface area (Å²) in [5.74, 6) is 0.0159. The first-order chi connectivity index (χ1) is 9.41. The molecule has 0 saturated carbocycles. The van der Waals surface area contributed by atoms with Crippen LogP contribution in [-0.2, 0) is 7.05 Å². The summed E-state index contributed by atoms with van der Waals surface area (Å²) < 4.78 is 2.00. The van der Waals surface area contributed by atoms with Gasteiger partial charge in [-0.3, -0.25) is 4.79 Å². The highest BCUT2D eigenvalue weighted by atomic mass is 35.5. The van der Waals surface area contributed by atoms with Crippen molar-refractivity contribution < 1.29 is 4.79 Å². The summed E-state index contributed by atoms with van der Waals surface area (Å²) in [5, 5.41) is 4.02. The molecule has 0 amide bonds. The van der Waals surface area contributed by atoms with Crippen molar-refractivity contribution in [1.29, 1.82) is 0 Å². The average molecular weight is 311 g/mol. The number of carbonyl (C=O) groups excluding carboxylic acids is 1. The third-order valence-corrected chi connectivity index (χ3v) is 4.09. The first kappa shape index (κ1) is 14.9. The molecule has 3 nitrogen and oxygen atoms in total. The molecule has 20 heavy (non-hydrogen) atoms. The zero-order valence-corrected chi connectivity index (χ0v) is 13.1. The van der Waals surface area contributed by atoms with Crippen molar-refractivity contribution >= 4 is 34.7 Å². The number of Topliss-reactive ketones (excluding diaryl/α,β-unsaturated/α-hetero) is 1. The zero-order valence-electron chi connectivity index (χ0n) is 11.6. The predicted molar refractivity (Wildman–Crippen MR) is 84.2 cm³/mol. The second-order valence-electron chi connectivity index (χ2n) is 4.72. The minimum Gasteiger partial charge on any atom is -0.375 e. The van der Waals surface area contributed by atoms with Crippen LogP contribution in [0.2, 0.25) is 10.0 Å². The van der Waals surface area contributed by atoms with E-state index in [1.807, 2.05) is 31.5 Å². The van der Waals surface area contributed by atoms with Gasteiger partial charge in [0.25, 0.3) is 0 Å². The number of hydrogen-bond donors (Lipinski definition) is 1. The van der Waals surface area contributed by atoms with Crippen molar-refractivity contribution in [3.8, 4) is 0 Å². The summed E-state index contributed by atoms with van der Waals surface area (Å²) in [5.41, 5.74) is 3.33. The zero-order chi connectivity index (χ0) is 14.9. The smallest absolute Gasteiger partial charge is 0.183 e. The molecule has 1 aromatic heterocycles. The van der Waals surface area contributed by atoms with Crippen LogP contribution in [0.1, 0.15) is 21.7 Å². The van der Waals surface area contributed by atoms with E-state index < -0.39 is 0 Å². The number of aromatic nitrogens is 1. The van der Waals surface area contributed by atoms with Crippen LogP contribution in [0.3, 0.4) is 0 Å². The number of carbonyl (C=O) groups is 1. The predicted octanol–water partition coefficient (Wildman–Crippen LogP) is 4.24. The van der Waals surface area contributed by atoms with E-state index in [1.165, 1.54) is 0 Å². The largest absolute Gasteiger partial charge is 0.375 e. The molecule has 0 unspecified atom stereocenters. The summed E-state index contributed by atoms with van der Waals surface area (Å²) in [6.45, 7) is 4.07. The van der Waals surface area contributed by atoms with Gasteiger partial charge < -0.3 is 9.88 Å². The van der Waals surface area contributed by atoms with Crippen molar-refractivity contribution in [3.63, 3.8) is 0 Å². The lowest BCUT2D eigenvalue weighted by Crippen LogP contribution is -2.15. The highest BCUT2D eigenvalue weighted by molar-refractivity contribution is 6.39. The lowest BCUT2D eigenvalue weighted by molar-refractivity contribution is 0.101. The van der Waals surface area contributed by atoms with Crippen LogP contribution in [0, 0.1) is 13.8 Å². The lowest BCUT2D eigenvalue weighted by atomic mass is 10.1. The van der Waals surface area contributed by atoms with Gasteiger partial charge in [-0.25, -0.2) is 0 Å². The molecule has 106 valence electrons. The van der Waals surface area contributed by atoms with Crippen LogP contribution in [0.25, 0.3) is 0 Å². The van der Waals surface area contributed by atoms with E-state index >= 15 is 0 Å². The van der Waals surface area contributed by atoms with Crippen LogP contribution in [0.5, 0.6) is 0 Å². The topological polar surface area (TPSA) is 34.0 Å². The molecule has 1 N–H and O–H groups in total. The third kappa shape index (κ3) is 2.84. The number of rotatable bonds is 4. The van der Waals surface area contributed by atoms with E-state index in [2.05, 4.69) is 5.32 Å². The Morgan fingerprint density at radius 1 is 1.25 bits per heavy atom. The molecule has 0 aliphatic heterocycles. The number of anilines is 1. The van der Waals surface area contributed by atoms with Crippen molar-refractivity contribution in [2.45, 2.75) is 13.8 Å². The number of hydrogen-bond acceptors (Lipinski definition) is 2. The first-order valence-corrected chi connectivity index (χ1v) is 7.01. The molecular formula is C15H16Cl2N2O. The van der Waals surface area contributed by atoms with Crippen LogP contribution in [0.4, 0.5) is 5.69 Å². The summed E-state index contributed by atoms with van der Waals surface area (Å²) in [7, 11) is 1.94. The second kappa shape index (κ2) is 5.90. The van der Waals surface area contributed by atoms with Crippen LogP contribution < -0.4 is 5.32 Å². The molecule has 0 saturated heterocycles. The molecule has 0 aliphatic rings. The van der Waals surface area contributed by atoms with Gasteiger partial charge in [0.1, 0.15) is 0 Å². The quantitative estimate of drug-likeness (QED) is 0.857. The standard InChI is InChI=1S/C15H16Cl2N2O/c1-9-7-11(10(2)19(9)3)14(20)8-18-15-12(16)5-4-6-13(15)17/h4-7,18H,8H2,1-3H3. The number of halogens is 2. The van der Waals surface area contributed by atoms with E-state index in [1.54, 1.807) is 18.2 Å². The fraction of sp³-hybridized carbons (Fsp3) is 0.267. The van der Waals surface area contributed by atoms with E-state index in [0.717, 1.165) is 17.0 Å². The summed E-state index contributed by atoms with van der Waals surface area (Å²) in [6, 6.07) is 7.13. The maximum atomic E-state index is 12.3. The van der Waals surface area contributed by atoms with Gasteiger partial charge in [-0.1, -0.05) is 29.3 Å². The normalized spacial score (nSPS) is 10.7. The SMILES string of the molecule is Cc1cc(C(=O)CNc2c(Cl)cccc2Cl)c(C)n1C. The molecular weight excluding hydrogens is 295 g/mol. The van der Waals surface area contributed by atoms with Crippen LogP contribution in [-0.4, -0.2) is 16.9 Å². The average Bonchev–Trinajstić information content (AvgIpc) is 2.66. The minimum absolute atomic E-state index is 0.0159. The Bertz CT molecular complexity index is 642. The lowest BCUT2D eigenvalue weighted by Gasteiger charge is -2.09. The molecule has 0 aliphatic carbocycles. The fourth-order valence-electron chi connectivity index (χ4n) is 2.07. The maximum absolute atomic E-state index is 12.3. The Balaban J connectivity index is 2.15. The van der Waals surface area contributed by atoms with Crippen molar-refractivity contribution in [3.05, 3.63) is 51.3 Å². The maximum Gasteiger partial charge on any atom is 0.183 e. The molecule has 1 aromatic carbocycles. The Morgan fingerprint density at radius 3 is 2.35 bits per heavy atom. The summed E-state index contributed by atoms with van der Waals surface area (Å²) in [4.78, 5) is 12.3. The van der Waals surface area contributed by atoms with Crippen LogP contribution >= 0.6 is 23.2 Å². The number of para-hydroxylation sites is 1. The van der Waals surface area contributed by atoms with Crippen molar-refractivity contribution in [2.75, 3.05) is 11.9 Å². The van der Waals surface area contributed by atoms with E-state index in [4.69, 9.17) is 23.2 Å². The molecule has 0 radical (unpaired) electrons. The molecule has 2 aromatic rings. The van der Waals surface area contributed by atoms with Crippen LogP contribution in [0.15, 0.2) is 24.3 Å². The Labute approximate surface area is 128 Å². The minimum atomic E-state index is 0.0159. The van der Waals surface area contributed by atoms with Gasteiger partial charge in [-0.2, -0.15) is 0 Å². The molecule has 0 atom stereocenters. The third-order valence-electron chi connectivity index (χ3n) is 3.46. The molecule has 0 bridgehead atoms. The summed E-state index contributed by atoms with van der Waals surface area (Å²) >= 11 is 12.1. The summed E-state index contributed by atoms with van der Waals surface area (Å²) in [6.07, 6.45) is 0. The van der Waals surface area contributed by atoms with Gasteiger partial charge in [-0.15, -0.1) is 0 Å². The van der Waals surface area contributed by atoms with Gasteiger partial charge >= 0.3 is 0 Å². The van der Waals surface area contributed by atoms with E-state index in [-0.39, 0.29) is 12.3 Å². The fourth-order valence-corrected chi connectivity index (χ4v) is 2.60. The van der Waals surface area contributed by atoms with E-state index in [9.17, 15) is 4.79 Å². The number of nitrogens with zero attached hydrogens (tertiary/aromatic N) is 1. The second-order valence-corrected chi connectivity index (χ2v) is 5.53. The molecule has 5 heteroatoms. The van der Waals surface area contributed by atoms with Crippen molar-refractivity contribution in [1.82, 2.24) is 4.57 Å². The molecule has 0 spiro atoms. The van der Waals surface area contributed by atoms with Gasteiger partial charge in [0.2, 0.25) is 0 Å². The van der Waals surface area contributed by atoms with Gasteiger partial charge in [0, 0.05) is 24.0 Å². The molecule has 2 rings (SSSR count). The Morgan fingerprint density at radius 2 is 1.85 bits per heavy atom. The number of ketones is 1. The Hall–Kier alpha value is -1.45. The molecule has 0 fully saturated rings. The van der Waals surface area contributed by atoms with Gasteiger partial charge in [0.05, 0.1) is 22.3 Å². The Kier molecular flexibility index (Phi) is 4.41. The highest BCUT2D eigenvalue weighted by Crippen LogP contribution is 2.29.